The van der Waals surface area contributed by atoms with Gasteiger partial charge in [0.05, 0.1) is 16.7 Å². The van der Waals surface area contributed by atoms with E-state index in [9.17, 15) is 4.79 Å². The number of imidazole rings is 1. The number of fused-ring (bicyclic) bond motifs is 2. The lowest BCUT2D eigenvalue weighted by Crippen LogP contribution is -2.34. The number of ether oxygens (including phenoxy) is 1. The van der Waals surface area contributed by atoms with E-state index >= 15 is 0 Å². The summed E-state index contributed by atoms with van der Waals surface area (Å²) in [5.41, 5.74) is 4.04. The lowest BCUT2D eigenvalue weighted by molar-refractivity contribution is 0.0421. The van der Waals surface area contributed by atoms with E-state index in [-0.39, 0.29) is 0 Å². The van der Waals surface area contributed by atoms with Crippen LogP contribution in [-0.4, -0.2) is 16.1 Å². The molecule has 0 saturated carbocycles. The molecule has 0 unspecified atom stereocenters. The topological polar surface area (TPSA) is 67.0 Å². The summed E-state index contributed by atoms with van der Waals surface area (Å²) in [6.07, 6.45) is 0.314. The first kappa shape index (κ1) is 13.8. The predicted octanol–water partition coefficient (Wildman–Crippen LogP) is 3.95. The van der Waals surface area contributed by atoms with Crippen LogP contribution in [0.3, 0.4) is 0 Å². The Hall–Kier alpha value is -2.82. The molecule has 5 heteroatoms. The first-order chi connectivity index (χ1) is 11.0. The second-order valence-electron chi connectivity index (χ2n) is 6.29. The second-order valence-corrected chi connectivity index (χ2v) is 6.29. The van der Waals surface area contributed by atoms with Crippen LogP contribution in [0.2, 0.25) is 0 Å². The molecular weight excluding hydrogens is 290 g/mol. The molecule has 0 bridgehead atoms. The largest absolute Gasteiger partial charge is 0.438 e. The van der Waals surface area contributed by atoms with Crippen molar-refractivity contribution in [3.63, 3.8) is 0 Å². The summed E-state index contributed by atoms with van der Waals surface area (Å²) in [4.78, 5) is 19.7. The Kier molecular flexibility index (Phi) is 2.91. The molecular formula is C18H17N3O2. The molecule has 2 heterocycles. The van der Waals surface area contributed by atoms with Crippen LogP contribution >= 0.6 is 0 Å². The minimum atomic E-state index is -0.656. The van der Waals surface area contributed by atoms with Gasteiger partial charge in [-0.3, -0.25) is 5.32 Å². The molecule has 3 aromatic rings. The number of hydrogen-bond donors (Lipinski definition) is 2. The molecule has 116 valence electrons. The molecule has 1 aromatic heterocycles. The summed E-state index contributed by atoms with van der Waals surface area (Å²) in [5.74, 6) is 0.901. The molecule has 0 aliphatic carbocycles. The van der Waals surface area contributed by atoms with Gasteiger partial charge in [-0.25, -0.2) is 9.78 Å². The van der Waals surface area contributed by atoms with E-state index in [1.807, 2.05) is 44.2 Å². The monoisotopic (exact) mass is 307 g/mol. The minimum absolute atomic E-state index is 0.429. The van der Waals surface area contributed by atoms with Gasteiger partial charge in [-0.2, -0.15) is 0 Å². The number of rotatable bonds is 2. The van der Waals surface area contributed by atoms with Gasteiger partial charge in [0.1, 0.15) is 11.4 Å². The summed E-state index contributed by atoms with van der Waals surface area (Å²) < 4.78 is 5.37. The van der Waals surface area contributed by atoms with E-state index in [4.69, 9.17) is 4.74 Å². The van der Waals surface area contributed by atoms with Crippen LogP contribution in [0.25, 0.3) is 11.0 Å². The van der Waals surface area contributed by atoms with Gasteiger partial charge in [0.25, 0.3) is 0 Å². The van der Waals surface area contributed by atoms with E-state index in [1.165, 1.54) is 5.56 Å². The number of anilines is 1. The predicted molar refractivity (Wildman–Crippen MR) is 88.5 cm³/mol. The summed E-state index contributed by atoms with van der Waals surface area (Å²) in [6, 6.07) is 14.1. The zero-order valence-corrected chi connectivity index (χ0v) is 13.0. The fourth-order valence-electron chi connectivity index (χ4n) is 3.01. The van der Waals surface area contributed by atoms with E-state index in [0.717, 1.165) is 34.5 Å². The third-order valence-corrected chi connectivity index (χ3v) is 4.12. The highest BCUT2D eigenvalue weighted by atomic mass is 16.6. The van der Waals surface area contributed by atoms with Gasteiger partial charge in [0, 0.05) is 12.0 Å². The number of carbonyl (C=O) groups excluding carboxylic acids is 1. The average Bonchev–Trinajstić information content (AvgIpc) is 2.87. The maximum absolute atomic E-state index is 11.7. The lowest BCUT2D eigenvalue weighted by atomic mass is 9.94. The Bertz CT molecular complexity index is 897. The third-order valence-electron chi connectivity index (χ3n) is 4.12. The second kappa shape index (κ2) is 4.84. The summed E-state index contributed by atoms with van der Waals surface area (Å²) >= 11 is 0. The molecule has 0 radical (unpaired) electrons. The molecule has 0 atom stereocenters. The Morgan fingerprint density at radius 1 is 1.17 bits per heavy atom. The van der Waals surface area contributed by atoms with Crippen LogP contribution < -0.4 is 5.32 Å². The first-order valence-corrected chi connectivity index (χ1v) is 7.58. The Balaban J connectivity index is 1.77. The van der Waals surface area contributed by atoms with E-state index < -0.39 is 11.7 Å². The van der Waals surface area contributed by atoms with Crippen LogP contribution in [0.1, 0.15) is 30.8 Å². The Morgan fingerprint density at radius 2 is 1.96 bits per heavy atom. The summed E-state index contributed by atoms with van der Waals surface area (Å²) in [5, 5.41) is 2.75. The van der Waals surface area contributed by atoms with E-state index in [2.05, 4.69) is 27.4 Å². The summed E-state index contributed by atoms with van der Waals surface area (Å²) in [7, 11) is 0. The van der Waals surface area contributed by atoms with Crippen molar-refractivity contribution in [3.05, 3.63) is 59.4 Å². The van der Waals surface area contributed by atoms with Crippen molar-refractivity contribution >= 4 is 22.8 Å². The molecule has 1 aliphatic rings. The normalized spacial score (nSPS) is 15.8. The number of hydrogen-bond acceptors (Lipinski definition) is 3. The van der Waals surface area contributed by atoms with Gasteiger partial charge in [-0.15, -0.1) is 0 Å². The highest BCUT2D eigenvalue weighted by Crippen LogP contribution is 2.37. The highest BCUT2D eigenvalue weighted by molar-refractivity contribution is 5.93. The molecule has 2 aromatic carbocycles. The number of benzene rings is 2. The van der Waals surface area contributed by atoms with Gasteiger partial charge in [-0.05, 0) is 31.5 Å². The van der Waals surface area contributed by atoms with Crippen molar-refractivity contribution < 1.29 is 9.53 Å². The van der Waals surface area contributed by atoms with Gasteiger partial charge in [-0.1, -0.05) is 30.3 Å². The highest BCUT2D eigenvalue weighted by Gasteiger charge is 2.33. The number of carbonyl (C=O) groups is 1. The smallest absolute Gasteiger partial charge is 0.412 e. The molecule has 4 rings (SSSR count). The third kappa shape index (κ3) is 2.44. The molecule has 0 spiro atoms. The number of H-pyrrole nitrogens is 1. The first-order valence-electron chi connectivity index (χ1n) is 7.58. The average molecular weight is 307 g/mol. The number of aromatic nitrogens is 2. The van der Waals surface area contributed by atoms with Crippen LogP contribution in [0.15, 0.2) is 42.5 Å². The van der Waals surface area contributed by atoms with Crippen LogP contribution in [-0.2, 0) is 16.8 Å². The lowest BCUT2D eigenvalue weighted by Gasteiger charge is -2.32. The maximum Gasteiger partial charge on any atom is 0.412 e. The quantitative estimate of drug-likeness (QED) is 0.753. The molecule has 0 saturated heterocycles. The number of nitrogens with one attached hydrogen (secondary N) is 2. The van der Waals surface area contributed by atoms with E-state index in [1.54, 1.807) is 0 Å². The van der Waals surface area contributed by atoms with Crippen molar-refractivity contribution in [2.75, 3.05) is 5.32 Å². The van der Waals surface area contributed by atoms with Gasteiger partial charge >= 0.3 is 6.09 Å². The van der Waals surface area contributed by atoms with Crippen LogP contribution in [0.5, 0.6) is 0 Å². The molecule has 2 N–H and O–H groups in total. The van der Waals surface area contributed by atoms with E-state index in [0.29, 0.717) is 0 Å². The fraction of sp³-hybridized carbons (Fsp3) is 0.222. The molecule has 23 heavy (non-hydrogen) atoms. The van der Waals surface area contributed by atoms with Crippen molar-refractivity contribution in [1.82, 2.24) is 9.97 Å². The van der Waals surface area contributed by atoms with Gasteiger partial charge in [0.2, 0.25) is 0 Å². The SMILES string of the molecule is CC1(C)OC(=O)Nc2cc3nc(Cc4ccccc4)[nH]c3cc21. The van der Waals surface area contributed by atoms with Gasteiger partial charge < -0.3 is 9.72 Å². The Morgan fingerprint density at radius 3 is 2.74 bits per heavy atom. The zero-order valence-electron chi connectivity index (χ0n) is 13.0. The summed E-state index contributed by atoms with van der Waals surface area (Å²) in [6.45, 7) is 3.77. The number of cyclic esters (lactones) is 1. The molecule has 5 nitrogen and oxygen atoms in total. The number of aromatic amines is 1. The molecule has 0 fully saturated rings. The van der Waals surface area contributed by atoms with Crippen molar-refractivity contribution in [2.45, 2.75) is 25.9 Å². The number of amides is 1. The zero-order chi connectivity index (χ0) is 16.0. The minimum Gasteiger partial charge on any atom is -0.438 e. The van der Waals surface area contributed by atoms with Crippen LogP contribution in [0, 0.1) is 0 Å². The molecule has 1 aliphatic heterocycles. The maximum atomic E-state index is 11.7. The van der Waals surface area contributed by atoms with Crippen LogP contribution in [0.4, 0.5) is 10.5 Å². The van der Waals surface area contributed by atoms with Crippen molar-refractivity contribution in [1.29, 1.82) is 0 Å². The van der Waals surface area contributed by atoms with Crippen molar-refractivity contribution in [2.24, 2.45) is 0 Å². The van der Waals surface area contributed by atoms with Gasteiger partial charge in [0.15, 0.2) is 0 Å². The standard InChI is InChI=1S/C18H17N3O2/c1-18(2)12-9-14-15(10-13(12)21-17(22)23-18)20-16(19-14)8-11-6-4-3-5-7-11/h3-7,9-10H,8H2,1-2H3,(H,19,20)(H,21,22). The molecule has 1 amide bonds. The fourth-order valence-corrected chi connectivity index (χ4v) is 3.01. The number of nitrogens with zero attached hydrogens (tertiary/aromatic N) is 1. The van der Waals surface area contributed by atoms with Crippen molar-refractivity contribution in [3.8, 4) is 0 Å². The Labute approximate surface area is 133 Å².